The standard InChI is InChI=1S/C16H16BrN3/c1-11(18)8-12-6-7-14(9-15(12)17)20-16-5-3-2-4-13(16)10-19-20/h2-7,9-11H,8,18H2,1H3. The number of para-hydroxylation sites is 1. The zero-order valence-corrected chi connectivity index (χ0v) is 12.8. The maximum Gasteiger partial charge on any atom is 0.0741 e. The fourth-order valence-electron chi connectivity index (χ4n) is 2.36. The second-order valence-electron chi connectivity index (χ2n) is 5.07. The predicted molar refractivity (Wildman–Crippen MR) is 86.1 cm³/mol. The van der Waals surface area contributed by atoms with Gasteiger partial charge in [-0.15, -0.1) is 0 Å². The molecule has 3 rings (SSSR count). The number of rotatable bonds is 3. The molecule has 3 aromatic rings. The Morgan fingerprint density at radius 2 is 2.05 bits per heavy atom. The third-order valence-electron chi connectivity index (χ3n) is 3.30. The van der Waals surface area contributed by atoms with E-state index >= 15 is 0 Å². The van der Waals surface area contributed by atoms with E-state index in [1.807, 2.05) is 29.9 Å². The molecule has 0 amide bonds. The van der Waals surface area contributed by atoms with Gasteiger partial charge < -0.3 is 5.73 Å². The van der Waals surface area contributed by atoms with Crippen molar-refractivity contribution in [2.75, 3.05) is 0 Å². The van der Waals surface area contributed by atoms with Crippen LogP contribution in [0.25, 0.3) is 16.6 Å². The first kappa shape index (κ1) is 13.3. The monoisotopic (exact) mass is 329 g/mol. The highest BCUT2D eigenvalue weighted by atomic mass is 79.9. The molecule has 20 heavy (non-hydrogen) atoms. The maximum absolute atomic E-state index is 5.86. The van der Waals surface area contributed by atoms with E-state index in [1.54, 1.807) is 0 Å². The van der Waals surface area contributed by atoms with Crippen LogP contribution in [-0.4, -0.2) is 15.8 Å². The number of nitrogens with zero attached hydrogens (tertiary/aromatic N) is 2. The van der Waals surface area contributed by atoms with Crippen molar-refractivity contribution < 1.29 is 0 Å². The van der Waals surface area contributed by atoms with Gasteiger partial charge in [-0.1, -0.05) is 40.2 Å². The van der Waals surface area contributed by atoms with E-state index in [-0.39, 0.29) is 6.04 Å². The smallest absolute Gasteiger partial charge is 0.0741 e. The van der Waals surface area contributed by atoms with Crippen molar-refractivity contribution in [3.8, 4) is 5.69 Å². The molecule has 1 unspecified atom stereocenters. The fourth-order valence-corrected chi connectivity index (χ4v) is 2.89. The highest BCUT2D eigenvalue weighted by Gasteiger charge is 2.08. The van der Waals surface area contributed by atoms with E-state index in [0.717, 1.165) is 27.5 Å². The average molecular weight is 330 g/mol. The van der Waals surface area contributed by atoms with Gasteiger partial charge in [-0.25, -0.2) is 4.68 Å². The molecule has 0 spiro atoms. The molecule has 1 atom stereocenters. The lowest BCUT2D eigenvalue weighted by Gasteiger charge is -2.10. The first-order chi connectivity index (χ1) is 9.65. The summed E-state index contributed by atoms with van der Waals surface area (Å²) in [7, 11) is 0. The molecule has 1 heterocycles. The molecule has 3 nitrogen and oxygen atoms in total. The highest BCUT2D eigenvalue weighted by molar-refractivity contribution is 9.10. The van der Waals surface area contributed by atoms with E-state index in [0.29, 0.717) is 0 Å². The van der Waals surface area contributed by atoms with Gasteiger partial charge in [-0.3, -0.25) is 0 Å². The van der Waals surface area contributed by atoms with Crippen molar-refractivity contribution in [2.45, 2.75) is 19.4 Å². The van der Waals surface area contributed by atoms with Gasteiger partial charge in [0.25, 0.3) is 0 Å². The van der Waals surface area contributed by atoms with Crippen LogP contribution in [0.5, 0.6) is 0 Å². The fraction of sp³-hybridized carbons (Fsp3) is 0.188. The van der Waals surface area contributed by atoms with Crippen LogP contribution in [0.2, 0.25) is 0 Å². The Morgan fingerprint density at radius 1 is 1.25 bits per heavy atom. The molecule has 0 bridgehead atoms. The lowest BCUT2D eigenvalue weighted by Crippen LogP contribution is -2.18. The minimum absolute atomic E-state index is 0.155. The first-order valence-electron chi connectivity index (χ1n) is 6.62. The molecule has 0 fully saturated rings. The topological polar surface area (TPSA) is 43.8 Å². The molecular formula is C16H16BrN3. The van der Waals surface area contributed by atoms with Gasteiger partial charge in [0.1, 0.15) is 0 Å². The highest BCUT2D eigenvalue weighted by Crippen LogP contribution is 2.24. The number of hydrogen-bond acceptors (Lipinski definition) is 2. The van der Waals surface area contributed by atoms with Crippen molar-refractivity contribution in [3.63, 3.8) is 0 Å². The third kappa shape index (κ3) is 2.49. The van der Waals surface area contributed by atoms with Crippen LogP contribution >= 0.6 is 15.9 Å². The molecule has 0 radical (unpaired) electrons. The molecular weight excluding hydrogens is 314 g/mol. The summed E-state index contributed by atoms with van der Waals surface area (Å²) in [6.45, 7) is 2.02. The molecule has 0 saturated carbocycles. The second-order valence-corrected chi connectivity index (χ2v) is 5.93. The lowest BCUT2D eigenvalue weighted by atomic mass is 10.1. The number of hydrogen-bond donors (Lipinski definition) is 1. The van der Waals surface area contributed by atoms with Crippen LogP contribution < -0.4 is 5.73 Å². The van der Waals surface area contributed by atoms with Gasteiger partial charge >= 0.3 is 0 Å². The van der Waals surface area contributed by atoms with Crippen molar-refractivity contribution in [3.05, 3.63) is 58.7 Å². The Labute approximate surface area is 126 Å². The quantitative estimate of drug-likeness (QED) is 0.796. The number of benzene rings is 2. The van der Waals surface area contributed by atoms with Gasteiger partial charge in [0.15, 0.2) is 0 Å². The zero-order valence-electron chi connectivity index (χ0n) is 11.3. The molecule has 0 aliphatic heterocycles. The van der Waals surface area contributed by atoms with Gasteiger partial charge in [-0.2, -0.15) is 5.10 Å². The average Bonchev–Trinajstić information content (AvgIpc) is 2.84. The zero-order chi connectivity index (χ0) is 14.1. The first-order valence-corrected chi connectivity index (χ1v) is 7.41. The minimum Gasteiger partial charge on any atom is -0.328 e. The van der Waals surface area contributed by atoms with Crippen molar-refractivity contribution >= 4 is 26.8 Å². The van der Waals surface area contributed by atoms with Crippen molar-refractivity contribution in [1.29, 1.82) is 0 Å². The van der Waals surface area contributed by atoms with Crippen LogP contribution in [0.1, 0.15) is 12.5 Å². The summed E-state index contributed by atoms with van der Waals surface area (Å²) in [5.41, 5.74) is 9.24. The molecule has 0 saturated heterocycles. The summed E-state index contributed by atoms with van der Waals surface area (Å²) in [5, 5.41) is 5.61. The number of aromatic nitrogens is 2. The van der Waals surface area contributed by atoms with E-state index in [9.17, 15) is 0 Å². The van der Waals surface area contributed by atoms with Crippen molar-refractivity contribution in [1.82, 2.24) is 9.78 Å². The van der Waals surface area contributed by atoms with E-state index in [1.165, 1.54) is 5.56 Å². The Hall–Kier alpha value is -1.65. The molecule has 2 N–H and O–H groups in total. The molecule has 4 heteroatoms. The summed E-state index contributed by atoms with van der Waals surface area (Å²) in [6.07, 6.45) is 2.75. The van der Waals surface area contributed by atoms with E-state index in [2.05, 4.69) is 51.4 Å². The van der Waals surface area contributed by atoms with Crippen LogP contribution in [0.4, 0.5) is 0 Å². The molecule has 0 aliphatic rings. The van der Waals surface area contributed by atoms with Crippen LogP contribution in [-0.2, 0) is 6.42 Å². The SMILES string of the molecule is CC(N)Cc1ccc(-n2ncc3ccccc32)cc1Br. The molecule has 0 aliphatic carbocycles. The Balaban J connectivity index is 2.04. The number of fused-ring (bicyclic) bond motifs is 1. The minimum atomic E-state index is 0.155. The Kier molecular flexibility index (Phi) is 3.59. The summed E-state index contributed by atoms with van der Waals surface area (Å²) in [5.74, 6) is 0. The van der Waals surface area contributed by atoms with Gasteiger partial charge in [-0.05, 0) is 37.1 Å². The normalized spacial score (nSPS) is 12.8. The van der Waals surface area contributed by atoms with Crippen LogP contribution in [0, 0.1) is 0 Å². The Bertz CT molecular complexity index is 746. The third-order valence-corrected chi connectivity index (χ3v) is 4.04. The predicted octanol–water partition coefficient (Wildman–Crippen LogP) is 3.68. The summed E-state index contributed by atoms with van der Waals surface area (Å²) < 4.78 is 3.03. The Morgan fingerprint density at radius 3 is 2.80 bits per heavy atom. The molecule has 1 aromatic heterocycles. The van der Waals surface area contributed by atoms with Crippen LogP contribution in [0.15, 0.2) is 53.1 Å². The van der Waals surface area contributed by atoms with E-state index < -0.39 is 0 Å². The van der Waals surface area contributed by atoms with E-state index in [4.69, 9.17) is 5.73 Å². The summed E-state index contributed by atoms with van der Waals surface area (Å²) in [6, 6.07) is 14.6. The largest absolute Gasteiger partial charge is 0.328 e. The summed E-state index contributed by atoms with van der Waals surface area (Å²) >= 11 is 3.63. The van der Waals surface area contributed by atoms with Gasteiger partial charge in [0.2, 0.25) is 0 Å². The van der Waals surface area contributed by atoms with Crippen LogP contribution in [0.3, 0.4) is 0 Å². The molecule has 102 valence electrons. The van der Waals surface area contributed by atoms with Crippen molar-refractivity contribution in [2.24, 2.45) is 5.73 Å². The van der Waals surface area contributed by atoms with Gasteiger partial charge in [0, 0.05) is 15.9 Å². The number of halogens is 1. The van der Waals surface area contributed by atoms with Gasteiger partial charge in [0.05, 0.1) is 17.4 Å². The number of nitrogens with two attached hydrogens (primary N) is 1. The lowest BCUT2D eigenvalue weighted by molar-refractivity contribution is 0.735. The molecule has 2 aromatic carbocycles. The summed E-state index contributed by atoms with van der Waals surface area (Å²) in [4.78, 5) is 0. The maximum atomic E-state index is 5.86. The second kappa shape index (κ2) is 5.38.